The van der Waals surface area contributed by atoms with Gasteiger partial charge in [0.25, 0.3) is 5.56 Å². The van der Waals surface area contributed by atoms with E-state index in [9.17, 15) is 19.2 Å². The first-order valence-electron chi connectivity index (χ1n) is 6.55. The van der Waals surface area contributed by atoms with Gasteiger partial charge >= 0.3 is 11.7 Å². The van der Waals surface area contributed by atoms with Crippen LogP contribution in [-0.2, 0) is 18.8 Å². The van der Waals surface area contributed by atoms with Gasteiger partial charge in [0.2, 0.25) is 5.78 Å². The third-order valence-electron chi connectivity index (χ3n) is 3.37. The minimum absolute atomic E-state index is 0.258. The molecule has 0 spiro atoms. The normalized spacial score (nSPS) is 10.6. The van der Waals surface area contributed by atoms with E-state index in [1.165, 1.54) is 25.4 Å². The summed E-state index contributed by atoms with van der Waals surface area (Å²) in [6, 6.07) is 1.75. The number of esters is 1. The Morgan fingerprint density at radius 2 is 1.91 bits per heavy atom. The van der Waals surface area contributed by atoms with E-state index in [4.69, 9.17) is 10.5 Å². The first-order valence-corrected chi connectivity index (χ1v) is 7.43. The van der Waals surface area contributed by atoms with Gasteiger partial charge in [-0.3, -0.25) is 18.7 Å². The van der Waals surface area contributed by atoms with Crippen molar-refractivity contribution in [1.29, 1.82) is 0 Å². The fourth-order valence-electron chi connectivity index (χ4n) is 1.97. The van der Waals surface area contributed by atoms with E-state index in [1.807, 2.05) is 0 Å². The highest BCUT2D eigenvalue weighted by atomic mass is 32.1. The summed E-state index contributed by atoms with van der Waals surface area (Å²) in [6.07, 6.45) is 0. The predicted molar refractivity (Wildman–Crippen MR) is 85.0 cm³/mol. The van der Waals surface area contributed by atoms with E-state index in [2.05, 4.69) is 0 Å². The number of ether oxygens (including phenoxy) is 1. The van der Waals surface area contributed by atoms with Crippen LogP contribution in [0.15, 0.2) is 21.0 Å². The summed E-state index contributed by atoms with van der Waals surface area (Å²) in [5, 5.41) is 1.73. The zero-order valence-corrected chi connectivity index (χ0v) is 13.6. The fraction of sp³-hybridized carbons (Fsp3) is 0.286. The van der Waals surface area contributed by atoms with Crippen LogP contribution < -0.4 is 17.0 Å². The van der Waals surface area contributed by atoms with Crippen molar-refractivity contribution in [3.63, 3.8) is 0 Å². The number of anilines is 1. The van der Waals surface area contributed by atoms with Gasteiger partial charge in [0.1, 0.15) is 16.3 Å². The number of rotatable bonds is 4. The molecular formula is C14H15N3O5S. The number of hydrogen-bond acceptors (Lipinski definition) is 7. The van der Waals surface area contributed by atoms with Gasteiger partial charge in [-0.2, -0.15) is 0 Å². The third kappa shape index (κ3) is 2.95. The molecule has 122 valence electrons. The molecule has 0 atom stereocenters. The molecule has 0 saturated heterocycles. The number of carbonyl (C=O) groups excluding carboxylic acids is 2. The summed E-state index contributed by atoms with van der Waals surface area (Å²) < 4.78 is 6.69. The lowest BCUT2D eigenvalue weighted by atomic mass is 10.2. The molecule has 9 heteroatoms. The number of hydrogen-bond donors (Lipinski definition) is 1. The van der Waals surface area contributed by atoms with E-state index >= 15 is 0 Å². The molecule has 0 amide bonds. The zero-order valence-electron chi connectivity index (χ0n) is 12.8. The van der Waals surface area contributed by atoms with Gasteiger partial charge in [-0.25, -0.2) is 9.59 Å². The Bertz CT molecular complexity index is 906. The molecule has 2 aromatic rings. The van der Waals surface area contributed by atoms with Crippen molar-refractivity contribution in [2.24, 2.45) is 14.1 Å². The second-order valence-corrected chi connectivity index (χ2v) is 5.81. The predicted octanol–water partition coefficient (Wildman–Crippen LogP) is 0.0758. The first kappa shape index (κ1) is 16.7. The number of nitrogens with zero attached hydrogens (tertiary/aromatic N) is 2. The van der Waals surface area contributed by atoms with Crippen LogP contribution in [0.5, 0.6) is 0 Å². The molecule has 0 aliphatic rings. The maximum absolute atomic E-state index is 12.2. The van der Waals surface area contributed by atoms with Crippen molar-refractivity contribution < 1.29 is 14.3 Å². The molecule has 2 heterocycles. The quantitative estimate of drug-likeness (QED) is 0.624. The fourth-order valence-corrected chi connectivity index (χ4v) is 2.79. The van der Waals surface area contributed by atoms with Crippen molar-refractivity contribution in [3.8, 4) is 0 Å². The van der Waals surface area contributed by atoms with E-state index in [1.54, 1.807) is 18.4 Å². The lowest BCUT2D eigenvalue weighted by Crippen LogP contribution is -2.42. The van der Waals surface area contributed by atoms with Gasteiger partial charge in [0.15, 0.2) is 6.61 Å². The number of aromatic nitrogens is 2. The van der Waals surface area contributed by atoms with Crippen LogP contribution >= 0.6 is 11.3 Å². The van der Waals surface area contributed by atoms with E-state index in [-0.39, 0.29) is 11.4 Å². The summed E-state index contributed by atoms with van der Waals surface area (Å²) in [5.74, 6) is -1.67. The Morgan fingerprint density at radius 1 is 1.26 bits per heavy atom. The molecule has 0 bridgehead atoms. The lowest BCUT2D eigenvalue weighted by Gasteiger charge is -2.10. The molecule has 0 aliphatic carbocycles. The number of aryl methyl sites for hydroxylation is 1. The summed E-state index contributed by atoms with van der Waals surface area (Å²) in [7, 11) is 2.58. The van der Waals surface area contributed by atoms with Crippen LogP contribution in [0.1, 0.15) is 25.6 Å². The van der Waals surface area contributed by atoms with Gasteiger partial charge in [0, 0.05) is 14.1 Å². The number of ketones is 1. The van der Waals surface area contributed by atoms with Crippen LogP contribution in [0.4, 0.5) is 5.82 Å². The van der Waals surface area contributed by atoms with Crippen molar-refractivity contribution in [2.75, 3.05) is 12.3 Å². The van der Waals surface area contributed by atoms with Crippen LogP contribution in [0.25, 0.3) is 0 Å². The molecule has 0 saturated carbocycles. The summed E-state index contributed by atoms with van der Waals surface area (Å²) in [5.41, 5.74) is 4.58. The van der Waals surface area contributed by atoms with Crippen LogP contribution in [-0.4, -0.2) is 27.5 Å². The standard InChI is InChI=1S/C14H15N3O5S/c1-7-4-5-23-10(7)13(20)22-6-8(18)9-11(15)16(2)14(21)17(3)12(9)19/h4-5H,6,15H2,1-3H3. The number of thiophene rings is 1. The smallest absolute Gasteiger partial charge is 0.349 e. The van der Waals surface area contributed by atoms with Crippen molar-refractivity contribution >= 4 is 28.9 Å². The monoisotopic (exact) mass is 337 g/mol. The minimum Gasteiger partial charge on any atom is -0.453 e. The SMILES string of the molecule is Cc1ccsc1C(=O)OCC(=O)c1c(N)n(C)c(=O)n(C)c1=O. The molecule has 2 aromatic heterocycles. The second-order valence-electron chi connectivity index (χ2n) is 4.90. The van der Waals surface area contributed by atoms with Crippen molar-refractivity contribution in [3.05, 3.63) is 48.3 Å². The van der Waals surface area contributed by atoms with Crippen LogP contribution in [0.3, 0.4) is 0 Å². The highest BCUT2D eigenvalue weighted by Crippen LogP contribution is 2.16. The third-order valence-corrected chi connectivity index (χ3v) is 4.37. The van der Waals surface area contributed by atoms with E-state index in [0.29, 0.717) is 4.88 Å². The number of nitrogen functional groups attached to an aromatic ring is 1. The molecule has 0 unspecified atom stereocenters. The molecular weight excluding hydrogens is 322 g/mol. The molecule has 0 aromatic carbocycles. The van der Waals surface area contributed by atoms with Crippen molar-refractivity contribution in [2.45, 2.75) is 6.92 Å². The molecule has 2 N–H and O–H groups in total. The van der Waals surface area contributed by atoms with Crippen LogP contribution in [0, 0.1) is 6.92 Å². The Balaban J connectivity index is 2.26. The Hall–Kier alpha value is -2.68. The summed E-state index contributed by atoms with van der Waals surface area (Å²) in [4.78, 5) is 48.2. The maximum atomic E-state index is 12.2. The lowest BCUT2D eigenvalue weighted by molar-refractivity contribution is 0.0478. The summed E-state index contributed by atoms with van der Waals surface area (Å²) in [6.45, 7) is 1.11. The highest BCUT2D eigenvalue weighted by Gasteiger charge is 2.22. The molecule has 0 radical (unpaired) electrons. The topological polar surface area (TPSA) is 113 Å². The van der Waals surface area contributed by atoms with Gasteiger partial charge < -0.3 is 10.5 Å². The summed E-state index contributed by atoms with van der Waals surface area (Å²) >= 11 is 1.20. The average Bonchev–Trinajstić information content (AvgIpc) is 2.95. The Morgan fingerprint density at radius 3 is 2.48 bits per heavy atom. The number of carbonyl (C=O) groups is 2. The van der Waals surface area contributed by atoms with Crippen molar-refractivity contribution in [1.82, 2.24) is 9.13 Å². The molecule has 23 heavy (non-hydrogen) atoms. The highest BCUT2D eigenvalue weighted by molar-refractivity contribution is 7.12. The number of nitrogens with two attached hydrogens (primary N) is 1. The minimum atomic E-state index is -0.820. The van der Waals surface area contributed by atoms with Gasteiger partial charge in [0.05, 0.1) is 0 Å². The molecule has 8 nitrogen and oxygen atoms in total. The zero-order chi connectivity index (χ0) is 17.3. The average molecular weight is 337 g/mol. The van der Waals surface area contributed by atoms with Gasteiger partial charge in [-0.15, -0.1) is 11.3 Å². The van der Waals surface area contributed by atoms with E-state index < -0.39 is 29.6 Å². The largest absolute Gasteiger partial charge is 0.453 e. The first-order chi connectivity index (χ1) is 10.8. The number of Topliss-reactive ketones (excluding diaryl/α,β-unsaturated/α-hetero) is 1. The van der Waals surface area contributed by atoms with Gasteiger partial charge in [-0.1, -0.05) is 0 Å². The Kier molecular flexibility index (Phi) is 4.50. The molecule has 2 rings (SSSR count). The second kappa shape index (κ2) is 6.21. The van der Waals surface area contributed by atoms with E-state index in [0.717, 1.165) is 14.7 Å². The molecule has 0 aliphatic heterocycles. The Labute approximate surface area is 134 Å². The molecule has 0 fully saturated rings. The maximum Gasteiger partial charge on any atom is 0.349 e. The van der Waals surface area contributed by atoms with Crippen LogP contribution in [0.2, 0.25) is 0 Å². The van der Waals surface area contributed by atoms with Gasteiger partial charge in [-0.05, 0) is 23.9 Å².